The third-order valence-corrected chi connectivity index (χ3v) is 9.62. The molecule has 3 heteroatoms. The van der Waals surface area contributed by atoms with Gasteiger partial charge in [-0.25, -0.2) is 0 Å². The van der Waals surface area contributed by atoms with Gasteiger partial charge in [0.25, 0.3) is 0 Å². The van der Waals surface area contributed by atoms with E-state index in [4.69, 9.17) is 23.2 Å². The van der Waals surface area contributed by atoms with Crippen molar-refractivity contribution < 1.29 is 0 Å². The van der Waals surface area contributed by atoms with Crippen molar-refractivity contribution in [3.05, 3.63) is 0 Å². The van der Waals surface area contributed by atoms with E-state index in [0.717, 1.165) is 11.0 Å². The van der Waals surface area contributed by atoms with Crippen LogP contribution in [-0.4, -0.2) is 19.8 Å². The maximum Gasteiger partial charge on any atom is 0.0707 e. The smallest absolute Gasteiger partial charge is 0.0707 e. The van der Waals surface area contributed by atoms with Gasteiger partial charge in [-0.2, -0.15) is 0 Å². The van der Waals surface area contributed by atoms with Crippen molar-refractivity contribution in [1.82, 2.24) is 0 Å². The van der Waals surface area contributed by atoms with Crippen molar-refractivity contribution in [2.24, 2.45) is 0 Å². The third kappa shape index (κ3) is 19.0. The van der Waals surface area contributed by atoms with E-state index < -0.39 is 8.80 Å². The lowest BCUT2D eigenvalue weighted by Gasteiger charge is -2.07. The Morgan fingerprint density at radius 2 is 0.783 bits per heavy atom. The lowest BCUT2D eigenvalue weighted by molar-refractivity contribution is 0.531. The fraction of sp³-hybridized carbons (Fsp3) is 1.00. The summed E-state index contributed by atoms with van der Waals surface area (Å²) in [6.07, 6.45) is 23.1. The first kappa shape index (κ1) is 23.8. The van der Waals surface area contributed by atoms with Crippen LogP contribution in [0.3, 0.4) is 0 Å². The molecule has 0 rings (SSSR count). The van der Waals surface area contributed by atoms with Gasteiger partial charge in [0.05, 0.1) is 8.80 Å². The van der Waals surface area contributed by atoms with Crippen molar-refractivity contribution in [3.63, 3.8) is 0 Å². The number of hydrogen-bond donors (Lipinski definition) is 0. The van der Waals surface area contributed by atoms with E-state index in [1.807, 2.05) is 0 Å². The first-order valence-corrected chi connectivity index (χ1v) is 14.0. The lowest BCUT2D eigenvalue weighted by Crippen LogP contribution is -2.17. The van der Waals surface area contributed by atoms with E-state index in [-0.39, 0.29) is 0 Å². The highest BCUT2D eigenvalue weighted by atomic mass is 35.5. The summed E-state index contributed by atoms with van der Waals surface area (Å²) in [5.74, 6) is 0. The minimum atomic E-state index is -0.754. The molecule has 0 unspecified atom stereocenters. The van der Waals surface area contributed by atoms with Crippen LogP contribution in [0, 0.1) is 0 Å². The first-order valence-electron chi connectivity index (χ1n) is 10.5. The van der Waals surface area contributed by atoms with Crippen LogP contribution in [-0.2, 0) is 0 Å². The van der Waals surface area contributed by atoms with Crippen LogP contribution < -0.4 is 0 Å². The van der Waals surface area contributed by atoms with Gasteiger partial charge in [0.1, 0.15) is 0 Å². The van der Waals surface area contributed by atoms with Gasteiger partial charge in [0.2, 0.25) is 0 Å². The average Bonchev–Trinajstić information content (AvgIpc) is 2.58. The van der Waals surface area contributed by atoms with Crippen molar-refractivity contribution in [3.8, 4) is 0 Å². The van der Waals surface area contributed by atoms with Gasteiger partial charge in [-0.05, 0) is 0 Å². The molecule has 0 nitrogen and oxygen atoms in total. The number of unbranched alkanes of at least 4 members (excludes halogenated alkanes) is 15. The molecule has 0 radical (unpaired) electrons. The number of alkyl halides is 2. The Hall–Kier alpha value is 0.797. The van der Waals surface area contributed by atoms with Crippen LogP contribution in [0.15, 0.2) is 0 Å². The van der Waals surface area contributed by atoms with E-state index in [2.05, 4.69) is 6.92 Å². The SMILES string of the molecule is CCCCCCCCCCCCCCCCCC[SiH](CCl)CCl. The monoisotopic (exact) mass is 380 g/mol. The Labute approximate surface area is 158 Å². The molecule has 0 N–H and O–H groups in total. The van der Waals surface area contributed by atoms with Crippen molar-refractivity contribution in [2.75, 3.05) is 11.0 Å². The summed E-state index contributed by atoms with van der Waals surface area (Å²) in [5, 5.41) is 0. The predicted octanol–water partition coefficient (Wildman–Crippen LogP) is 8.03. The second-order valence-electron chi connectivity index (χ2n) is 7.27. The van der Waals surface area contributed by atoms with Gasteiger partial charge < -0.3 is 0 Å². The molecule has 0 atom stereocenters. The van der Waals surface area contributed by atoms with E-state index in [9.17, 15) is 0 Å². The molecule has 0 heterocycles. The summed E-state index contributed by atoms with van der Waals surface area (Å²) in [5.41, 5.74) is 1.73. The molecule has 140 valence electrons. The van der Waals surface area contributed by atoms with Gasteiger partial charge in [-0.3, -0.25) is 0 Å². The van der Waals surface area contributed by atoms with E-state index in [0.29, 0.717) is 0 Å². The van der Waals surface area contributed by atoms with E-state index >= 15 is 0 Å². The summed E-state index contributed by atoms with van der Waals surface area (Å²) < 4.78 is 0. The zero-order valence-electron chi connectivity index (χ0n) is 15.8. The molecule has 0 fully saturated rings. The molecule has 0 saturated carbocycles. The lowest BCUT2D eigenvalue weighted by atomic mass is 10.0. The van der Waals surface area contributed by atoms with Crippen LogP contribution >= 0.6 is 23.2 Å². The molecule has 0 amide bonds. The van der Waals surface area contributed by atoms with Crippen LogP contribution in [0.2, 0.25) is 6.04 Å². The zero-order valence-corrected chi connectivity index (χ0v) is 18.4. The van der Waals surface area contributed by atoms with Gasteiger partial charge in [-0.1, -0.05) is 116 Å². The second kappa shape index (κ2) is 20.8. The fourth-order valence-electron chi connectivity index (χ4n) is 3.18. The van der Waals surface area contributed by atoms with Gasteiger partial charge in [0, 0.05) is 11.0 Å². The van der Waals surface area contributed by atoms with Crippen molar-refractivity contribution >= 4 is 32.0 Å². The molecule has 0 spiro atoms. The Morgan fingerprint density at radius 3 is 1.09 bits per heavy atom. The topological polar surface area (TPSA) is 0 Å². The van der Waals surface area contributed by atoms with Crippen LogP contribution in [0.5, 0.6) is 0 Å². The third-order valence-electron chi connectivity index (χ3n) is 4.90. The Kier molecular flexibility index (Phi) is 21.6. The molecular formula is C20H42Cl2Si. The van der Waals surface area contributed by atoms with Gasteiger partial charge in [-0.15, -0.1) is 23.2 Å². The number of halogens is 2. The van der Waals surface area contributed by atoms with Gasteiger partial charge in [0.15, 0.2) is 0 Å². The second-order valence-corrected chi connectivity index (χ2v) is 12.0. The molecule has 0 bridgehead atoms. The highest BCUT2D eigenvalue weighted by Gasteiger charge is 2.06. The minimum absolute atomic E-state index is 0.754. The Bertz CT molecular complexity index is 208. The Balaban J connectivity index is 3.02. The number of rotatable bonds is 19. The zero-order chi connectivity index (χ0) is 17.0. The number of hydrogen-bond acceptors (Lipinski definition) is 0. The van der Waals surface area contributed by atoms with E-state index in [1.165, 1.54) is 109 Å². The highest BCUT2D eigenvalue weighted by Crippen LogP contribution is 2.14. The molecule has 0 aliphatic carbocycles. The highest BCUT2D eigenvalue weighted by molar-refractivity contribution is 6.73. The summed E-state index contributed by atoms with van der Waals surface area (Å²) in [6, 6.07) is 1.35. The van der Waals surface area contributed by atoms with Crippen LogP contribution in [0.4, 0.5) is 0 Å². The largest absolute Gasteiger partial charge is 0.130 e. The molecule has 0 saturated heterocycles. The molecule has 0 aliphatic heterocycles. The molecule has 0 aliphatic rings. The summed E-state index contributed by atoms with van der Waals surface area (Å²) in [7, 11) is -0.754. The van der Waals surface area contributed by atoms with Crippen LogP contribution in [0.1, 0.15) is 110 Å². The minimum Gasteiger partial charge on any atom is -0.130 e. The first-order chi connectivity index (χ1) is 11.3. The molecular weight excluding hydrogens is 339 g/mol. The van der Waals surface area contributed by atoms with Crippen molar-refractivity contribution in [1.29, 1.82) is 0 Å². The molecule has 0 aromatic heterocycles. The van der Waals surface area contributed by atoms with Crippen molar-refractivity contribution in [2.45, 2.75) is 116 Å². The molecule has 0 aromatic carbocycles. The standard InChI is InChI=1S/C20H42Cl2Si/c1-2-3-4-5-6-7-8-9-10-11-12-13-14-15-16-17-18-23(19-21)20-22/h23H,2-20H2,1H3. The maximum atomic E-state index is 5.92. The van der Waals surface area contributed by atoms with Crippen LogP contribution in [0.25, 0.3) is 0 Å². The maximum absolute atomic E-state index is 5.92. The molecule has 0 aromatic rings. The summed E-state index contributed by atoms with van der Waals surface area (Å²) >= 11 is 11.8. The normalized spacial score (nSPS) is 11.5. The van der Waals surface area contributed by atoms with E-state index in [1.54, 1.807) is 0 Å². The summed E-state index contributed by atoms with van der Waals surface area (Å²) in [6.45, 7) is 2.29. The summed E-state index contributed by atoms with van der Waals surface area (Å²) in [4.78, 5) is 0. The quantitative estimate of drug-likeness (QED) is 0.121. The Morgan fingerprint density at radius 1 is 0.478 bits per heavy atom. The fourth-order valence-corrected chi connectivity index (χ4v) is 6.35. The molecule has 23 heavy (non-hydrogen) atoms. The van der Waals surface area contributed by atoms with Gasteiger partial charge >= 0.3 is 0 Å². The predicted molar refractivity (Wildman–Crippen MR) is 113 cm³/mol. The average molecular weight is 382 g/mol.